The maximum absolute atomic E-state index is 10.6. The highest BCUT2D eigenvalue weighted by Gasteiger charge is 2.68. The van der Waals surface area contributed by atoms with Crippen LogP contribution in [0.25, 0.3) is 0 Å². The van der Waals surface area contributed by atoms with Crippen molar-refractivity contribution in [2.75, 3.05) is 26.9 Å². The van der Waals surface area contributed by atoms with Crippen molar-refractivity contribution in [2.45, 2.75) is 61.0 Å². The lowest BCUT2D eigenvalue weighted by Gasteiger charge is -2.46. The molecule has 2 fully saturated rings. The number of rotatable bonds is 6. The lowest BCUT2D eigenvalue weighted by atomic mass is 9.99. The first kappa shape index (κ1) is 20.9. The molecule has 8 N–H and O–H groups in total. The standard InChI is InChI=1S/C14H27NO10/c1-6(9-10(24-2)8(19)7(3-16)25-9)15-13(22,4-17)11(20)12(21)14(15,23)5-18/h6-12,16-23H,3-5H2,1-2H3/t6?,7-,8-,9+,10+,11+,12+,13-,14+/m1/s1. The number of methoxy groups -OCH3 is 1. The fourth-order valence-electron chi connectivity index (χ4n) is 3.90. The number of nitrogens with zero attached hydrogens (tertiary/aromatic N) is 1. The Morgan fingerprint density at radius 3 is 1.88 bits per heavy atom. The zero-order valence-corrected chi connectivity index (χ0v) is 14.0. The van der Waals surface area contributed by atoms with E-state index in [0.29, 0.717) is 0 Å². The van der Waals surface area contributed by atoms with Gasteiger partial charge in [-0.3, -0.25) is 0 Å². The van der Waals surface area contributed by atoms with E-state index in [-0.39, 0.29) is 0 Å². The summed E-state index contributed by atoms with van der Waals surface area (Å²) in [4.78, 5) is 0.749. The van der Waals surface area contributed by atoms with Crippen molar-refractivity contribution in [1.29, 1.82) is 0 Å². The first-order chi connectivity index (χ1) is 11.6. The Morgan fingerprint density at radius 2 is 1.52 bits per heavy atom. The van der Waals surface area contributed by atoms with Crippen molar-refractivity contribution in [3.8, 4) is 0 Å². The highest BCUT2D eigenvalue weighted by atomic mass is 16.6. The summed E-state index contributed by atoms with van der Waals surface area (Å²) >= 11 is 0. The Labute approximate surface area is 144 Å². The normalized spacial score (nSPS) is 49.7. The second-order valence-corrected chi connectivity index (χ2v) is 6.59. The van der Waals surface area contributed by atoms with Crippen molar-refractivity contribution in [1.82, 2.24) is 4.90 Å². The van der Waals surface area contributed by atoms with Crippen LogP contribution in [0, 0.1) is 0 Å². The van der Waals surface area contributed by atoms with Crippen LogP contribution in [0.3, 0.4) is 0 Å². The van der Waals surface area contributed by atoms with Gasteiger partial charge in [-0.1, -0.05) is 0 Å². The average molecular weight is 369 g/mol. The lowest BCUT2D eigenvalue weighted by Crippen LogP contribution is -2.67. The van der Waals surface area contributed by atoms with Crippen molar-refractivity contribution in [2.24, 2.45) is 0 Å². The van der Waals surface area contributed by atoms with E-state index in [9.17, 15) is 40.9 Å². The van der Waals surface area contributed by atoms with Gasteiger partial charge in [0.2, 0.25) is 0 Å². The van der Waals surface area contributed by atoms with Crippen LogP contribution >= 0.6 is 0 Å². The van der Waals surface area contributed by atoms with Crippen LogP contribution in [-0.4, -0.2) is 127 Å². The van der Waals surface area contributed by atoms with E-state index < -0.39 is 73.9 Å². The Morgan fingerprint density at radius 1 is 1.04 bits per heavy atom. The molecule has 0 aromatic rings. The van der Waals surface area contributed by atoms with Gasteiger partial charge in [-0.05, 0) is 6.92 Å². The summed E-state index contributed by atoms with van der Waals surface area (Å²) < 4.78 is 10.7. The van der Waals surface area contributed by atoms with E-state index in [1.54, 1.807) is 0 Å². The molecule has 0 spiro atoms. The number of ether oxygens (including phenoxy) is 2. The minimum atomic E-state index is -2.49. The molecule has 2 saturated heterocycles. The topological polar surface area (TPSA) is 184 Å². The molecule has 11 heteroatoms. The molecular formula is C14H27NO10. The van der Waals surface area contributed by atoms with Crippen LogP contribution in [0.15, 0.2) is 0 Å². The Bertz CT molecular complexity index is 447. The number of likely N-dealkylation sites (tertiary alicyclic amines) is 1. The monoisotopic (exact) mass is 369 g/mol. The van der Waals surface area contributed by atoms with Gasteiger partial charge in [-0.2, -0.15) is 0 Å². The van der Waals surface area contributed by atoms with Gasteiger partial charge in [-0.15, -0.1) is 0 Å². The second-order valence-electron chi connectivity index (χ2n) is 6.59. The molecule has 2 heterocycles. The highest BCUT2D eigenvalue weighted by molar-refractivity contribution is 5.13. The van der Waals surface area contributed by atoms with Gasteiger partial charge in [0, 0.05) is 13.2 Å². The fraction of sp³-hybridized carbons (Fsp3) is 1.00. The summed E-state index contributed by atoms with van der Waals surface area (Å²) in [6.45, 7) is -1.21. The zero-order chi connectivity index (χ0) is 19.2. The maximum Gasteiger partial charge on any atom is 0.173 e. The van der Waals surface area contributed by atoms with Crippen LogP contribution in [0.5, 0.6) is 0 Å². The van der Waals surface area contributed by atoms with Gasteiger partial charge in [0.15, 0.2) is 11.4 Å². The zero-order valence-electron chi connectivity index (χ0n) is 14.0. The first-order valence-corrected chi connectivity index (χ1v) is 7.93. The number of aliphatic hydroxyl groups is 8. The largest absolute Gasteiger partial charge is 0.394 e. The molecule has 2 rings (SSSR count). The van der Waals surface area contributed by atoms with Gasteiger partial charge in [-0.25, -0.2) is 4.90 Å². The summed E-state index contributed by atoms with van der Waals surface area (Å²) in [7, 11) is 1.29. The van der Waals surface area contributed by atoms with Gasteiger partial charge in [0.25, 0.3) is 0 Å². The van der Waals surface area contributed by atoms with Gasteiger partial charge < -0.3 is 50.3 Å². The average Bonchev–Trinajstić information content (AvgIpc) is 3.01. The molecule has 0 radical (unpaired) electrons. The smallest absolute Gasteiger partial charge is 0.173 e. The van der Waals surface area contributed by atoms with Gasteiger partial charge in [0.1, 0.15) is 36.6 Å². The molecule has 2 aliphatic rings. The van der Waals surface area contributed by atoms with E-state index >= 15 is 0 Å². The lowest BCUT2D eigenvalue weighted by molar-refractivity contribution is -0.259. The van der Waals surface area contributed by atoms with Crippen LogP contribution in [0.4, 0.5) is 0 Å². The molecule has 2 aliphatic heterocycles. The molecule has 9 atom stereocenters. The quantitative estimate of drug-likeness (QED) is 0.224. The summed E-state index contributed by atoms with van der Waals surface area (Å²) in [6, 6.07) is -1.06. The van der Waals surface area contributed by atoms with Crippen LogP contribution in [-0.2, 0) is 9.47 Å². The van der Waals surface area contributed by atoms with Gasteiger partial charge >= 0.3 is 0 Å². The van der Waals surface area contributed by atoms with Crippen LogP contribution in [0.1, 0.15) is 6.92 Å². The Kier molecular flexibility index (Phi) is 6.08. The molecule has 148 valence electrons. The molecule has 0 aromatic carbocycles. The molecule has 0 bridgehead atoms. The van der Waals surface area contributed by atoms with Gasteiger partial charge in [0.05, 0.1) is 19.8 Å². The Balaban J connectivity index is 2.42. The summed E-state index contributed by atoms with van der Waals surface area (Å²) in [5.41, 5.74) is -4.97. The predicted molar refractivity (Wildman–Crippen MR) is 79.9 cm³/mol. The molecule has 11 nitrogen and oxygen atoms in total. The molecule has 0 saturated carbocycles. The minimum absolute atomic E-state index is 0.510. The highest BCUT2D eigenvalue weighted by Crippen LogP contribution is 2.43. The SMILES string of the molecule is CO[C@H]1[C@H](O)[C@@H](CO)O[C@H]1C(C)N1[C@@](O)(CO)[C@@H](O)[C@H](O)[C@@]1(O)CO. The molecule has 0 aliphatic carbocycles. The molecule has 0 amide bonds. The van der Waals surface area contributed by atoms with Crippen LogP contribution in [0.2, 0.25) is 0 Å². The molecular weight excluding hydrogens is 342 g/mol. The Hall–Kier alpha value is -0.440. The van der Waals surface area contributed by atoms with Crippen LogP contribution < -0.4 is 0 Å². The third-order valence-electron chi connectivity index (χ3n) is 5.25. The predicted octanol–water partition coefficient (Wildman–Crippen LogP) is -5.09. The van der Waals surface area contributed by atoms with E-state index in [4.69, 9.17) is 9.47 Å². The van der Waals surface area contributed by atoms with Crippen molar-refractivity contribution in [3.05, 3.63) is 0 Å². The van der Waals surface area contributed by atoms with E-state index in [1.807, 2.05) is 0 Å². The maximum atomic E-state index is 10.6. The summed E-state index contributed by atoms with van der Waals surface area (Å²) in [5, 5.41) is 80.0. The van der Waals surface area contributed by atoms with Crippen molar-refractivity contribution in [3.63, 3.8) is 0 Å². The van der Waals surface area contributed by atoms with Crippen molar-refractivity contribution >= 4 is 0 Å². The minimum Gasteiger partial charge on any atom is -0.394 e. The summed E-state index contributed by atoms with van der Waals surface area (Å²) in [6.07, 6.45) is -8.15. The number of aliphatic hydroxyl groups excluding tert-OH is 6. The number of hydrogen-bond donors (Lipinski definition) is 8. The molecule has 1 unspecified atom stereocenters. The van der Waals surface area contributed by atoms with E-state index in [2.05, 4.69) is 0 Å². The summed E-state index contributed by atoms with van der Waals surface area (Å²) in [5.74, 6) is 0. The second kappa shape index (κ2) is 7.29. The molecule has 0 aromatic heterocycles. The molecule has 25 heavy (non-hydrogen) atoms. The van der Waals surface area contributed by atoms with E-state index in [0.717, 1.165) is 4.90 Å². The fourth-order valence-corrected chi connectivity index (χ4v) is 3.90. The third kappa shape index (κ3) is 2.89. The third-order valence-corrected chi connectivity index (χ3v) is 5.25. The van der Waals surface area contributed by atoms with E-state index in [1.165, 1.54) is 14.0 Å². The van der Waals surface area contributed by atoms with Crippen molar-refractivity contribution < 1.29 is 50.3 Å². The number of hydrogen-bond acceptors (Lipinski definition) is 11. The first-order valence-electron chi connectivity index (χ1n) is 7.93.